The van der Waals surface area contributed by atoms with E-state index in [0.717, 1.165) is 23.4 Å². The van der Waals surface area contributed by atoms with E-state index in [9.17, 15) is 10.1 Å². The smallest absolute Gasteiger partial charge is 0.258 e. The van der Waals surface area contributed by atoms with Gasteiger partial charge in [0.1, 0.15) is 0 Å². The molecular weight excluding hydrogens is 470 g/mol. The Morgan fingerprint density at radius 3 is 1.66 bits per heavy atom. The Balaban J connectivity index is 1.22. The second kappa shape index (κ2) is 17.5. The van der Waals surface area contributed by atoms with Crippen LogP contribution in [0.5, 0.6) is 0 Å². The van der Waals surface area contributed by atoms with Crippen LogP contribution >= 0.6 is 0 Å². The van der Waals surface area contributed by atoms with E-state index in [0.29, 0.717) is 0 Å². The molecule has 3 aromatic rings. The van der Waals surface area contributed by atoms with Gasteiger partial charge >= 0.3 is 0 Å². The van der Waals surface area contributed by atoms with Crippen molar-refractivity contribution in [1.29, 1.82) is 0 Å². The van der Waals surface area contributed by atoms with Gasteiger partial charge < -0.3 is 0 Å². The molecule has 1 aromatic heterocycles. The average molecular weight is 518 g/mol. The van der Waals surface area contributed by atoms with E-state index in [1.54, 1.807) is 12.1 Å². The van der Waals surface area contributed by atoms with Crippen LogP contribution in [-0.4, -0.2) is 14.7 Å². The summed E-state index contributed by atoms with van der Waals surface area (Å²) in [5, 5.41) is 15.5. The fourth-order valence-electron chi connectivity index (χ4n) is 5.07. The number of rotatable bonds is 20. The first-order valence-electron chi connectivity index (χ1n) is 15.1. The van der Waals surface area contributed by atoms with Gasteiger partial charge in [-0.25, -0.2) is 4.68 Å². The zero-order valence-corrected chi connectivity index (χ0v) is 23.5. The van der Waals surface area contributed by atoms with Crippen molar-refractivity contribution in [2.75, 3.05) is 0 Å². The van der Waals surface area contributed by atoms with Crippen LogP contribution in [0.2, 0.25) is 0 Å². The van der Waals surface area contributed by atoms with Crippen LogP contribution in [-0.2, 0) is 6.42 Å². The Bertz CT molecular complexity index is 1040. The Morgan fingerprint density at radius 1 is 0.658 bits per heavy atom. The van der Waals surface area contributed by atoms with Crippen LogP contribution < -0.4 is 0 Å². The summed E-state index contributed by atoms with van der Waals surface area (Å²) in [5.41, 5.74) is 4.16. The fraction of sp³-hybridized carbons (Fsp3) is 0.545. The third-order valence-electron chi connectivity index (χ3n) is 7.48. The highest BCUT2D eigenvalue weighted by molar-refractivity contribution is 5.60. The van der Waals surface area contributed by atoms with Gasteiger partial charge in [0.05, 0.1) is 16.3 Å². The molecule has 5 nitrogen and oxygen atoms in total. The largest absolute Gasteiger partial charge is 0.269 e. The second-order valence-electron chi connectivity index (χ2n) is 10.7. The van der Waals surface area contributed by atoms with Crippen LogP contribution in [0.1, 0.15) is 115 Å². The van der Waals surface area contributed by atoms with E-state index in [4.69, 9.17) is 0 Å². The molecule has 0 aliphatic rings. The SMILES string of the molecule is CCCCCCCCCCCCCCCCCCc1ccc(-n2ccc(-c3ccc([N+](=O)[O-])cc3)n2)cc1. The maximum atomic E-state index is 10.9. The van der Waals surface area contributed by atoms with Crippen molar-refractivity contribution in [3.63, 3.8) is 0 Å². The number of non-ortho nitro benzene ring substituents is 1. The quantitative estimate of drug-likeness (QED) is 0.0850. The van der Waals surface area contributed by atoms with Gasteiger partial charge in [0.15, 0.2) is 0 Å². The highest BCUT2D eigenvalue weighted by Crippen LogP contribution is 2.22. The lowest BCUT2D eigenvalue weighted by atomic mass is 10.0. The van der Waals surface area contributed by atoms with E-state index in [1.165, 1.54) is 120 Å². The first-order valence-corrected chi connectivity index (χ1v) is 15.1. The maximum absolute atomic E-state index is 10.9. The number of nitro benzene ring substituents is 1. The van der Waals surface area contributed by atoms with Gasteiger partial charge in [0.2, 0.25) is 0 Å². The second-order valence-corrected chi connectivity index (χ2v) is 10.7. The lowest BCUT2D eigenvalue weighted by Gasteiger charge is -2.06. The summed E-state index contributed by atoms with van der Waals surface area (Å²) in [6.07, 6.45) is 25.5. The topological polar surface area (TPSA) is 61.0 Å². The normalized spacial score (nSPS) is 11.2. The highest BCUT2D eigenvalue weighted by atomic mass is 16.6. The molecule has 0 N–H and O–H groups in total. The summed E-state index contributed by atoms with van der Waals surface area (Å²) < 4.78 is 1.86. The molecule has 2 aromatic carbocycles. The molecular formula is C33H47N3O2. The molecule has 3 rings (SSSR count). The molecule has 0 fully saturated rings. The van der Waals surface area contributed by atoms with Crippen LogP contribution in [0.25, 0.3) is 16.9 Å². The van der Waals surface area contributed by atoms with E-state index in [2.05, 4.69) is 36.3 Å². The Morgan fingerprint density at radius 2 is 1.16 bits per heavy atom. The Labute approximate surface area is 229 Å². The van der Waals surface area contributed by atoms with Crippen LogP contribution in [0.4, 0.5) is 5.69 Å². The van der Waals surface area contributed by atoms with Gasteiger partial charge in [-0.3, -0.25) is 10.1 Å². The summed E-state index contributed by atoms with van der Waals surface area (Å²) in [5.74, 6) is 0. The van der Waals surface area contributed by atoms with Gasteiger partial charge in [-0.05, 0) is 48.7 Å². The summed E-state index contributed by atoms with van der Waals surface area (Å²) in [6.45, 7) is 2.29. The molecule has 0 atom stereocenters. The van der Waals surface area contributed by atoms with Crippen molar-refractivity contribution in [2.45, 2.75) is 116 Å². The van der Waals surface area contributed by atoms with Crippen molar-refractivity contribution in [1.82, 2.24) is 9.78 Å². The summed E-state index contributed by atoms with van der Waals surface area (Å²) in [4.78, 5) is 10.5. The molecule has 0 saturated heterocycles. The Kier molecular flexibility index (Phi) is 13.7. The summed E-state index contributed by atoms with van der Waals surface area (Å²) in [7, 11) is 0. The van der Waals surface area contributed by atoms with Gasteiger partial charge in [-0.1, -0.05) is 115 Å². The van der Waals surface area contributed by atoms with Crippen molar-refractivity contribution in [2.24, 2.45) is 0 Å². The monoisotopic (exact) mass is 517 g/mol. The first kappa shape index (κ1) is 29.6. The van der Waals surface area contributed by atoms with E-state index >= 15 is 0 Å². The Hall–Kier alpha value is -2.95. The number of aromatic nitrogens is 2. The number of hydrogen-bond donors (Lipinski definition) is 0. The predicted molar refractivity (Wildman–Crippen MR) is 159 cm³/mol. The number of unbranched alkanes of at least 4 members (excludes halogenated alkanes) is 15. The molecule has 0 saturated carbocycles. The minimum absolute atomic E-state index is 0.0908. The van der Waals surface area contributed by atoms with Gasteiger partial charge in [-0.2, -0.15) is 5.10 Å². The standard InChI is InChI=1S/C33H47N3O2/c1-2-3-4-5-6-7-8-9-10-11-12-13-14-15-16-17-18-29-19-23-31(24-20-29)35-28-27-33(34-35)30-21-25-32(26-22-30)36(37)38/h19-28H,2-18H2,1H3. The number of nitrogens with zero attached hydrogens (tertiary/aromatic N) is 3. The van der Waals surface area contributed by atoms with Crippen molar-refractivity contribution < 1.29 is 4.92 Å². The predicted octanol–water partition coefficient (Wildman–Crippen LogP) is 10.3. The minimum Gasteiger partial charge on any atom is -0.258 e. The molecule has 0 unspecified atom stereocenters. The first-order chi connectivity index (χ1) is 18.7. The number of aryl methyl sites for hydroxylation is 1. The highest BCUT2D eigenvalue weighted by Gasteiger charge is 2.08. The molecule has 0 amide bonds. The van der Waals surface area contributed by atoms with Crippen molar-refractivity contribution >= 4 is 5.69 Å². The fourth-order valence-corrected chi connectivity index (χ4v) is 5.07. The summed E-state index contributed by atoms with van der Waals surface area (Å²) >= 11 is 0. The lowest BCUT2D eigenvalue weighted by molar-refractivity contribution is -0.384. The average Bonchev–Trinajstić information content (AvgIpc) is 3.44. The van der Waals surface area contributed by atoms with Crippen molar-refractivity contribution in [3.05, 3.63) is 76.5 Å². The van der Waals surface area contributed by atoms with Gasteiger partial charge in [0, 0.05) is 23.9 Å². The summed E-state index contributed by atoms with van der Waals surface area (Å²) in [6, 6.07) is 17.1. The molecule has 38 heavy (non-hydrogen) atoms. The maximum Gasteiger partial charge on any atom is 0.269 e. The van der Waals surface area contributed by atoms with Gasteiger partial charge in [0.25, 0.3) is 5.69 Å². The molecule has 0 radical (unpaired) electrons. The molecule has 5 heteroatoms. The third kappa shape index (κ3) is 10.8. The molecule has 0 spiro atoms. The number of nitro groups is 1. The number of hydrogen-bond acceptors (Lipinski definition) is 3. The zero-order valence-electron chi connectivity index (χ0n) is 23.5. The lowest BCUT2D eigenvalue weighted by Crippen LogP contribution is -1.96. The van der Waals surface area contributed by atoms with Crippen LogP contribution in [0.3, 0.4) is 0 Å². The third-order valence-corrected chi connectivity index (χ3v) is 7.48. The molecule has 0 bridgehead atoms. The molecule has 0 aliphatic heterocycles. The molecule has 1 heterocycles. The van der Waals surface area contributed by atoms with Crippen molar-refractivity contribution in [3.8, 4) is 16.9 Å². The molecule has 206 valence electrons. The van der Waals surface area contributed by atoms with Gasteiger partial charge in [-0.15, -0.1) is 0 Å². The minimum atomic E-state index is -0.385. The van der Waals surface area contributed by atoms with E-state index < -0.39 is 0 Å². The molecule has 0 aliphatic carbocycles. The van der Waals surface area contributed by atoms with E-state index in [1.807, 2.05) is 16.9 Å². The van der Waals surface area contributed by atoms with Crippen LogP contribution in [0.15, 0.2) is 60.8 Å². The zero-order chi connectivity index (χ0) is 26.8. The number of benzene rings is 2. The van der Waals surface area contributed by atoms with Crippen LogP contribution in [0, 0.1) is 10.1 Å². The van der Waals surface area contributed by atoms with E-state index in [-0.39, 0.29) is 10.6 Å².